The van der Waals surface area contributed by atoms with Gasteiger partial charge in [-0.25, -0.2) is 0 Å². The lowest BCUT2D eigenvalue weighted by molar-refractivity contribution is 0.488. The first-order valence-electron chi connectivity index (χ1n) is 19.0. The smallest absolute Gasteiger partial charge is 0.0541 e. The quantitative estimate of drug-likeness (QED) is 0.154. The predicted molar refractivity (Wildman–Crippen MR) is 223 cm³/mol. The van der Waals surface area contributed by atoms with Gasteiger partial charge in [-0.15, -0.1) is 0 Å². The van der Waals surface area contributed by atoms with Crippen molar-refractivity contribution in [2.24, 2.45) is 5.92 Å². The van der Waals surface area contributed by atoms with Crippen LogP contribution in [0.4, 0.5) is 0 Å². The van der Waals surface area contributed by atoms with Crippen LogP contribution in [0.3, 0.4) is 0 Å². The van der Waals surface area contributed by atoms with Crippen molar-refractivity contribution in [3.05, 3.63) is 250 Å². The Morgan fingerprint density at radius 2 is 1.09 bits per heavy atom. The van der Waals surface area contributed by atoms with Gasteiger partial charge in [-0.2, -0.15) is 0 Å². The highest BCUT2D eigenvalue weighted by atomic mass is 14.6. The summed E-state index contributed by atoms with van der Waals surface area (Å²) in [6.07, 6.45) is 19.7. The van der Waals surface area contributed by atoms with Crippen molar-refractivity contribution in [1.29, 1.82) is 0 Å². The first-order chi connectivity index (χ1) is 26.3. The number of rotatable bonds is 6. The van der Waals surface area contributed by atoms with Crippen LogP contribution in [0.1, 0.15) is 63.8 Å². The van der Waals surface area contributed by atoms with Crippen LogP contribution >= 0.6 is 0 Å². The van der Waals surface area contributed by atoms with Crippen LogP contribution < -0.4 is 0 Å². The average molecular weight is 677 g/mol. The van der Waals surface area contributed by atoms with Crippen molar-refractivity contribution in [2.75, 3.05) is 0 Å². The molecule has 0 amide bonds. The second-order valence-electron chi connectivity index (χ2n) is 14.7. The number of hydrogen-bond acceptors (Lipinski definition) is 0. The topological polar surface area (TPSA) is 0 Å². The van der Waals surface area contributed by atoms with Crippen molar-refractivity contribution < 1.29 is 0 Å². The summed E-state index contributed by atoms with van der Waals surface area (Å²) in [5, 5.41) is 0. The minimum Gasteiger partial charge on any atom is -0.0842 e. The third-order valence-corrected chi connectivity index (χ3v) is 11.8. The van der Waals surface area contributed by atoms with Gasteiger partial charge >= 0.3 is 0 Å². The summed E-state index contributed by atoms with van der Waals surface area (Å²) in [6, 6.07) is 58.3. The van der Waals surface area contributed by atoms with Crippen LogP contribution in [-0.2, 0) is 5.41 Å². The van der Waals surface area contributed by atoms with E-state index < -0.39 is 0 Å². The lowest BCUT2D eigenvalue weighted by Gasteiger charge is -2.37. The van der Waals surface area contributed by atoms with E-state index >= 15 is 0 Å². The van der Waals surface area contributed by atoms with Gasteiger partial charge in [0, 0.05) is 5.92 Å². The largest absolute Gasteiger partial charge is 0.0842 e. The molecule has 0 aliphatic heterocycles. The molecule has 6 aromatic rings. The van der Waals surface area contributed by atoms with Crippen LogP contribution in [-0.4, -0.2) is 0 Å². The van der Waals surface area contributed by atoms with E-state index in [9.17, 15) is 0 Å². The number of benzene rings is 6. The Morgan fingerprint density at radius 3 is 1.70 bits per heavy atom. The van der Waals surface area contributed by atoms with Gasteiger partial charge in [0.25, 0.3) is 0 Å². The minimum absolute atomic E-state index is 0.262. The van der Waals surface area contributed by atoms with E-state index in [-0.39, 0.29) is 11.3 Å². The van der Waals surface area contributed by atoms with Gasteiger partial charge in [-0.05, 0) is 115 Å². The molecule has 4 aliphatic carbocycles. The van der Waals surface area contributed by atoms with E-state index in [1.165, 1.54) is 83.5 Å². The van der Waals surface area contributed by atoms with Crippen molar-refractivity contribution >= 4 is 22.8 Å². The predicted octanol–water partition coefficient (Wildman–Crippen LogP) is 13.3. The van der Waals surface area contributed by atoms with Gasteiger partial charge < -0.3 is 0 Å². The molecule has 0 N–H and O–H groups in total. The molecule has 0 bridgehead atoms. The molecule has 4 aliphatic rings. The molecule has 0 heterocycles. The van der Waals surface area contributed by atoms with Crippen LogP contribution in [0.25, 0.3) is 33.9 Å². The summed E-state index contributed by atoms with van der Waals surface area (Å²) >= 11 is 0. The molecule has 1 unspecified atom stereocenters. The maximum Gasteiger partial charge on any atom is 0.0541 e. The summed E-state index contributed by atoms with van der Waals surface area (Å²) in [4.78, 5) is 0. The van der Waals surface area contributed by atoms with Gasteiger partial charge in [0.2, 0.25) is 0 Å². The van der Waals surface area contributed by atoms with Gasteiger partial charge in [0.1, 0.15) is 0 Å². The highest BCUT2D eigenvalue weighted by Crippen LogP contribution is 2.66. The Balaban J connectivity index is 1.18. The molecular weight excluding hydrogens is 637 g/mol. The van der Waals surface area contributed by atoms with E-state index in [0.717, 1.165) is 19.3 Å². The Labute approximate surface area is 313 Å². The van der Waals surface area contributed by atoms with Crippen molar-refractivity contribution in [2.45, 2.75) is 24.7 Å². The molecule has 53 heavy (non-hydrogen) atoms. The maximum absolute atomic E-state index is 2.52. The molecule has 0 saturated heterocycles. The lowest BCUT2D eigenvalue weighted by Crippen LogP contribution is -2.33. The van der Waals surface area contributed by atoms with Crippen LogP contribution in [0, 0.1) is 5.92 Å². The van der Waals surface area contributed by atoms with Gasteiger partial charge in [0.05, 0.1) is 5.41 Å². The van der Waals surface area contributed by atoms with Gasteiger partial charge in [-0.3, -0.25) is 0 Å². The fourth-order valence-electron chi connectivity index (χ4n) is 9.58. The van der Waals surface area contributed by atoms with E-state index in [4.69, 9.17) is 0 Å². The Bertz CT molecular complexity index is 2460. The fraction of sp³-hybridized carbons (Fsp3) is 0.0943. The SMILES string of the molecule is C1=CCCC(/C(=C/C2=CC=C3c4ccc(C=C(c5ccccc5)c5ccccc5)cc4C4(c5ccccc5-c5ccccc54)C3C2)c2ccccc2)=C1. The molecule has 0 saturated carbocycles. The molecule has 0 nitrogen and oxygen atoms in total. The zero-order chi connectivity index (χ0) is 35.2. The molecule has 0 fully saturated rings. The highest BCUT2D eigenvalue weighted by Gasteiger charge is 2.56. The third-order valence-electron chi connectivity index (χ3n) is 11.8. The summed E-state index contributed by atoms with van der Waals surface area (Å²) < 4.78 is 0. The zero-order valence-electron chi connectivity index (χ0n) is 29.8. The van der Waals surface area contributed by atoms with E-state index in [0.29, 0.717) is 0 Å². The summed E-state index contributed by atoms with van der Waals surface area (Å²) in [6.45, 7) is 0. The van der Waals surface area contributed by atoms with Crippen molar-refractivity contribution in [3.8, 4) is 11.1 Å². The molecule has 10 rings (SSSR count). The normalized spacial score (nSPS) is 17.5. The minimum atomic E-state index is -0.301. The van der Waals surface area contributed by atoms with E-state index in [2.05, 4.69) is 200 Å². The second-order valence-corrected chi connectivity index (χ2v) is 14.7. The van der Waals surface area contributed by atoms with Gasteiger partial charge in [-0.1, -0.05) is 188 Å². The van der Waals surface area contributed by atoms with Crippen molar-refractivity contribution in [1.82, 2.24) is 0 Å². The average Bonchev–Trinajstić information content (AvgIpc) is 3.70. The molecule has 0 aromatic heterocycles. The molecule has 1 spiro atoms. The lowest BCUT2D eigenvalue weighted by atomic mass is 9.64. The Hall–Kier alpha value is -6.24. The summed E-state index contributed by atoms with van der Waals surface area (Å²) in [5.41, 5.74) is 19.9. The molecule has 0 radical (unpaired) electrons. The standard InChI is InChI=1S/C53H40/c1-5-17-39(18-6-1)47(40-19-7-2-8-20-40)33-37-29-31-45-46-32-30-38(34-48(41-21-9-3-10-22-41)42-23-11-4-12-24-42)36-52(46)53(51(45)35-37)49-27-15-13-25-43(49)44-26-14-16-28-50(44)53/h1-11,13-23,25-35,52H,12,24,36H2/b48-34+. The number of allylic oxidation sites excluding steroid dienone is 10. The zero-order valence-corrected chi connectivity index (χ0v) is 29.8. The monoisotopic (exact) mass is 676 g/mol. The highest BCUT2D eigenvalue weighted by molar-refractivity contribution is 5.95. The van der Waals surface area contributed by atoms with Crippen LogP contribution in [0.2, 0.25) is 0 Å². The molecule has 0 heteroatoms. The molecule has 6 aromatic carbocycles. The molecule has 1 atom stereocenters. The first-order valence-corrected chi connectivity index (χ1v) is 19.0. The summed E-state index contributed by atoms with van der Waals surface area (Å²) in [5.74, 6) is 0.262. The van der Waals surface area contributed by atoms with Crippen LogP contribution in [0.15, 0.2) is 205 Å². The number of hydrogen-bond donors (Lipinski definition) is 0. The van der Waals surface area contributed by atoms with Gasteiger partial charge in [0.15, 0.2) is 0 Å². The second kappa shape index (κ2) is 13.1. The Kier molecular flexibility index (Phi) is 7.76. The number of fused-ring (bicyclic) bond motifs is 10. The van der Waals surface area contributed by atoms with Crippen molar-refractivity contribution in [3.63, 3.8) is 0 Å². The maximum atomic E-state index is 2.52. The van der Waals surface area contributed by atoms with E-state index in [1.54, 1.807) is 0 Å². The van der Waals surface area contributed by atoms with Crippen LogP contribution in [0.5, 0.6) is 0 Å². The Morgan fingerprint density at radius 1 is 0.509 bits per heavy atom. The molecule has 252 valence electrons. The third kappa shape index (κ3) is 5.20. The first kappa shape index (κ1) is 31.5. The summed E-state index contributed by atoms with van der Waals surface area (Å²) in [7, 11) is 0. The molecular formula is C53H40. The van der Waals surface area contributed by atoms with E-state index in [1.807, 2.05) is 0 Å². The fourth-order valence-corrected chi connectivity index (χ4v) is 9.58.